The van der Waals surface area contributed by atoms with Crippen LogP contribution in [0.1, 0.15) is 51.8 Å². The lowest BCUT2D eigenvalue weighted by molar-refractivity contribution is -0.157. The van der Waals surface area contributed by atoms with Gasteiger partial charge in [0.2, 0.25) is 5.91 Å². The van der Waals surface area contributed by atoms with Gasteiger partial charge >= 0.3 is 6.18 Å². The van der Waals surface area contributed by atoms with Gasteiger partial charge < -0.3 is 9.47 Å². The number of aromatic nitrogens is 2. The summed E-state index contributed by atoms with van der Waals surface area (Å²) in [5, 5.41) is 0.216. The van der Waals surface area contributed by atoms with Gasteiger partial charge in [-0.2, -0.15) is 13.2 Å². The number of hydrogen-bond acceptors (Lipinski definition) is 3. The molecular formula is C15H22F3N3OS. The van der Waals surface area contributed by atoms with E-state index < -0.39 is 23.9 Å². The van der Waals surface area contributed by atoms with Crippen LogP contribution >= 0.6 is 11.8 Å². The zero-order chi connectivity index (χ0) is 17.4. The first-order valence-corrected chi connectivity index (χ1v) is 8.57. The normalized spacial score (nSPS) is 19.4. The van der Waals surface area contributed by atoms with E-state index in [4.69, 9.17) is 0 Å². The monoisotopic (exact) mass is 349 g/mol. The van der Waals surface area contributed by atoms with Gasteiger partial charge in [0, 0.05) is 24.5 Å². The highest BCUT2D eigenvalue weighted by Crippen LogP contribution is 2.34. The van der Waals surface area contributed by atoms with Crippen LogP contribution < -0.4 is 0 Å². The zero-order valence-electron chi connectivity index (χ0n) is 13.7. The summed E-state index contributed by atoms with van der Waals surface area (Å²) in [6, 6.07) is 0.181. The van der Waals surface area contributed by atoms with E-state index in [1.165, 1.54) is 11.8 Å². The van der Waals surface area contributed by atoms with Crippen LogP contribution in [0.3, 0.4) is 0 Å². The minimum absolute atomic E-state index is 0.148. The summed E-state index contributed by atoms with van der Waals surface area (Å²) in [5.74, 6) is -0.156. The van der Waals surface area contributed by atoms with Crippen LogP contribution in [0, 0.1) is 0 Å². The molecule has 0 radical (unpaired) electrons. The Morgan fingerprint density at radius 2 is 2.00 bits per heavy atom. The van der Waals surface area contributed by atoms with Crippen molar-refractivity contribution in [2.24, 2.45) is 0 Å². The molecule has 1 saturated heterocycles. The lowest BCUT2D eigenvalue weighted by atomic mass is 10.1. The molecule has 4 nitrogen and oxygen atoms in total. The minimum atomic E-state index is -4.35. The highest BCUT2D eigenvalue weighted by molar-refractivity contribution is 8.00. The van der Waals surface area contributed by atoms with Crippen LogP contribution in [0.15, 0.2) is 11.4 Å². The zero-order valence-corrected chi connectivity index (χ0v) is 14.5. The molecule has 0 aliphatic carbocycles. The Balaban J connectivity index is 2.13. The van der Waals surface area contributed by atoms with Gasteiger partial charge in [-0.05, 0) is 26.2 Å². The number of thioether (sulfide) groups is 1. The van der Waals surface area contributed by atoms with E-state index in [0.717, 1.165) is 10.6 Å². The molecule has 1 aromatic heterocycles. The standard InChI is InChI=1S/C15H22F3N3OS/c1-9(2)11-7-19-14(21(11)10(3)4)23-12-5-6-20(13(12)22)8-15(16,17)18/h7,9-10,12H,5-6,8H2,1-4H3/t12-/m0/s1. The molecule has 1 fully saturated rings. The van der Waals surface area contributed by atoms with Crippen LogP contribution in [0.4, 0.5) is 13.2 Å². The first-order chi connectivity index (χ1) is 10.6. The number of likely N-dealkylation sites (tertiary alicyclic amines) is 1. The molecule has 0 spiro atoms. The second-order valence-corrected chi connectivity index (χ2v) is 7.52. The maximum Gasteiger partial charge on any atom is 0.406 e. The van der Waals surface area contributed by atoms with Crippen molar-refractivity contribution in [3.05, 3.63) is 11.9 Å². The van der Waals surface area contributed by atoms with Crippen LogP contribution in [-0.4, -0.2) is 44.9 Å². The quantitative estimate of drug-likeness (QED) is 0.811. The topological polar surface area (TPSA) is 38.1 Å². The van der Waals surface area contributed by atoms with Crippen molar-refractivity contribution < 1.29 is 18.0 Å². The average molecular weight is 349 g/mol. The first-order valence-electron chi connectivity index (χ1n) is 7.69. The molecule has 0 unspecified atom stereocenters. The molecule has 1 amide bonds. The summed E-state index contributed by atoms with van der Waals surface area (Å²) >= 11 is 1.28. The number of halogens is 3. The van der Waals surface area contributed by atoms with E-state index in [1.807, 2.05) is 13.8 Å². The second-order valence-electron chi connectivity index (χ2n) is 6.35. The predicted molar refractivity (Wildman–Crippen MR) is 83.6 cm³/mol. The van der Waals surface area contributed by atoms with E-state index in [-0.39, 0.29) is 12.6 Å². The SMILES string of the molecule is CC(C)c1cnc(S[C@H]2CCN(CC(F)(F)F)C2=O)n1C(C)C. The van der Waals surface area contributed by atoms with Crippen LogP contribution in [-0.2, 0) is 4.79 Å². The smallest absolute Gasteiger partial charge is 0.333 e. The lowest BCUT2D eigenvalue weighted by Crippen LogP contribution is -2.36. The maximum atomic E-state index is 12.5. The Hall–Kier alpha value is -1.18. The molecule has 23 heavy (non-hydrogen) atoms. The third-order valence-corrected chi connectivity index (χ3v) is 5.00. The predicted octanol–water partition coefficient (Wildman–Crippen LogP) is 3.84. The highest BCUT2D eigenvalue weighted by atomic mass is 32.2. The molecule has 2 rings (SSSR count). The number of imidazole rings is 1. The molecular weight excluding hydrogens is 327 g/mol. The summed E-state index contributed by atoms with van der Waals surface area (Å²) in [6.07, 6.45) is -2.14. The summed E-state index contributed by atoms with van der Waals surface area (Å²) < 4.78 is 39.5. The first kappa shape index (κ1) is 18.2. The van der Waals surface area contributed by atoms with E-state index in [9.17, 15) is 18.0 Å². The van der Waals surface area contributed by atoms with Crippen molar-refractivity contribution >= 4 is 17.7 Å². The minimum Gasteiger partial charge on any atom is -0.333 e. The summed E-state index contributed by atoms with van der Waals surface area (Å²) in [4.78, 5) is 17.5. The number of nitrogens with zero attached hydrogens (tertiary/aromatic N) is 3. The Bertz CT molecular complexity index is 569. The molecule has 0 bridgehead atoms. The molecule has 0 saturated carbocycles. The molecule has 1 aliphatic heterocycles. The molecule has 1 aliphatic rings. The largest absolute Gasteiger partial charge is 0.406 e. The van der Waals surface area contributed by atoms with Gasteiger partial charge in [-0.3, -0.25) is 4.79 Å². The molecule has 0 N–H and O–H groups in total. The Kier molecular flexibility index (Phi) is 5.33. The van der Waals surface area contributed by atoms with E-state index in [0.29, 0.717) is 17.5 Å². The Morgan fingerprint density at radius 1 is 1.35 bits per heavy atom. The van der Waals surface area contributed by atoms with Gasteiger partial charge in [-0.25, -0.2) is 4.98 Å². The number of carbonyl (C=O) groups excluding carboxylic acids is 1. The summed E-state index contributed by atoms with van der Waals surface area (Å²) in [6.45, 7) is 7.18. The molecule has 0 aromatic carbocycles. The third-order valence-electron chi connectivity index (χ3n) is 3.77. The van der Waals surface area contributed by atoms with Crippen LogP contribution in [0.25, 0.3) is 0 Å². The van der Waals surface area contributed by atoms with Gasteiger partial charge in [0.15, 0.2) is 5.16 Å². The van der Waals surface area contributed by atoms with Gasteiger partial charge in [0.25, 0.3) is 0 Å². The number of amides is 1. The number of alkyl halides is 3. The Labute approximate surface area is 138 Å². The van der Waals surface area contributed by atoms with Crippen molar-refractivity contribution in [1.29, 1.82) is 0 Å². The lowest BCUT2D eigenvalue weighted by Gasteiger charge is -2.20. The fourth-order valence-corrected chi connectivity index (χ4v) is 3.98. The van der Waals surface area contributed by atoms with Crippen molar-refractivity contribution in [3.8, 4) is 0 Å². The van der Waals surface area contributed by atoms with Gasteiger partial charge in [0.1, 0.15) is 6.54 Å². The van der Waals surface area contributed by atoms with Crippen molar-refractivity contribution in [2.75, 3.05) is 13.1 Å². The number of hydrogen-bond donors (Lipinski definition) is 0. The second kappa shape index (κ2) is 6.75. The van der Waals surface area contributed by atoms with E-state index in [2.05, 4.69) is 23.4 Å². The number of rotatable bonds is 5. The van der Waals surface area contributed by atoms with E-state index in [1.54, 1.807) is 6.20 Å². The molecule has 1 aromatic rings. The molecule has 130 valence electrons. The average Bonchev–Trinajstić information content (AvgIpc) is 2.96. The summed E-state index contributed by atoms with van der Waals surface area (Å²) in [7, 11) is 0. The van der Waals surface area contributed by atoms with Crippen molar-refractivity contribution in [3.63, 3.8) is 0 Å². The van der Waals surface area contributed by atoms with Gasteiger partial charge in [-0.15, -0.1) is 0 Å². The highest BCUT2D eigenvalue weighted by Gasteiger charge is 2.40. The molecule has 1 atom stereocenters. The third kappa shape index (κ3) is 4.22. The van der Waals surface area contributed by atoms with Crippen molar-refractivity contribution in [2.45, 2.75) is 62.7 Å². The maximum absolute atomic E-state index is 12.5. The van der Waals surface area contributed by atoms with Gasteiger partial charge in [-0.1, -0.05) is 25.6 Å². The summed E-state index contributed by atoms with van der Waals surface area (Å²) in [5.41, 5.74) is 1.07. The van der Waals surface area contributed by atoms with Gasteiger partial charge in [0.05, 0.1) is 5.25 Å². The fourth-order valence-electron chi connectivity index (χ4n) is 2.71. The fraction of sp³-hybridized carbons (Fsp3) is 0.733. The van der Waals surface area contributed by atoms with Crippen LogP contribution in [0.2, 0.25) is 0 Å². The van der Waals surface area contributed by atoms with Crippen LogP contribution in [0.5, 0.6) is 0 Å². The van der Waals surface area contributed by atoms with Crippen molar-refractivity contribution in [1.82, 2.24) is 14.5 Å². The number of carbonyl (C=O) groups is 1. The van der Waals surface area contributed by atoms with E-state index >= 15 is 0 Å². The molecule has 2 heterocycles. The molecule has 8 heteroatoms. The Morgan fingerprint density at radius 3 is 2.52 bits per heavy atom.